The maximum absolute atomic E-state index is 11.8. The van der Waals surface area contributed by atoms with Crippen LogP contribution in [0.15, 0.2) is 12.4 Å². The number of carbonyl (C=O) groups excluding carboxylic acids is 1. The van der Waals surface area contributed by atoms with E-state index in [2.05, 4.69) is 10.4 Å². The molecule has 1 rings (SSSR count). The van der Waals surface area contributed by atoms with Crippen molar-refractivity contribution in [3.8, 4) is 0 Å². The molecule has 0 spiro atoms. The molecule has 0 aliphatic rings. The molecule has 0 fully saturated rings. The molecule has 96 valence electrons. The van der Waals surface area contributed by atoms with Gasteiger partial charge in [0, 0.05) is 25.8 Å². The summed E-state index contributed by atoms with van der Waals surface area (Å²) < 4.78 is 1.74. The van der Waals surface area contributed by atoms with E-state index in [4.69, 9.17) is 0 Å². The fourth-order valence-corrected chi connectivity index (χ4v) is 1.48. The Hall–Kier alpha value is -1.56. The number of rotatable bonds is 5. The van der Waals surface area contributed by atoms with E-state index in [9.17, 15) is 9.90 Å². The van der Waals surface area contributed by atoms with E-state index < -0.39 is 6.10 Å². The van der Waals surface area contributed by atoms with Gasteiger partial charge in [-0.2, -0.15) is 5.10 Å². The summed E-state index contributed by atoms with van der Waals surface area (Å²) in [5.74, 6) is 0. The zero-order valence-corrected chi connectivity index (χ0v) is 10.6. The van der Waals surface area contributed by atoms with Gasteiger partial charge in [-0.05, 0) is 20.8 Å². The van der Waals surface area contributed by atoms with Crippen LogP contribution in [0.5, 0.6) is 0 Å². The van der Waals surface area contributed by atoms with Crippen LogP contribution in [0.25, 0.3) is 0 Å². The standard InChI is InChI=1S/C11H20N4O2/c1-4-14(7-9(3)16)11(17)13-10-6-12-15(5-2)8-10/h6,8-9,16H,4-5,7H2,1-3H3,(H,13,17)/t9-/m0/s1. The van der Waals surface area contributed by atoms with Crippen LogP contribution in [0, 0.1) is 0 Å². The number of aliphatic hydroxyl groups excluding tert-OH is 1. The molecular weight excluding hydrogens is 220 g/mol. The Labute approximate surface area is 101 Å². The maximum atomic E-state index is 11.8. The van der Waals surface area contributed by atoms with Gasteiger partial charge in [0.05, 0.1) is 18.0 Å². The first-order valence-corrected chi connectivity index (χ1v) is 5.83. The number of amides is 2. The number of urea groups is 1. The number of aryl methyl sites for hydroxylation is 1. The second-order valence-corrected chi connectivity index (χ2v) is 3.90. The van der Waals surface area contributed by atoms with Gasteiger partial charge in [-0.3, -0.25) is 4.68 Å². The Morgan fingerprint density at radius 1 is 1.65 bits per heavy atom. The van der Waals surface area contributed by atoms with E-state index in [0.29, 0.717) is 18.8 Å². The normalized spacial score (nSPS) is 12.2. The number of aromatic nitrogens is 2. The van der Waals surface area contributed by atoms with Crippen LogP contribution in [0.1, 0.15) is 20.8 Å². The molecule has 6 heteroatoms. The van der Waals surface area contributed by atoms with Crippen LogP contribution in [0.3, 0.4) is 0 Å². The van der Waals surface area contributed by atoms with Crippen molar-refractivity contribution in [3.63, 3.8) is 0 Å². The lowest BCUT2D eigenvalue weighted by Crippen LogP contribution is -2.39. The van der Waals surface area contributed by atoms with Crippen molar-refractivity contribution in [3.05, 3.63) is 12.4 Å². The van der Waals surface area contributed by atoms with E-state index in [1.807, 2.05) is 13.8 Å². The predicted octanol–water partition coefficient (Wildman–Crippen LogP) is 1.14. The summed E-state index contributed by atoms with van der Waals surface area (Å²) in [5.41, 5.74) is 0.667. The number of anilines is 1. The molecule has 0 unspecified atom stereocenters. The van der Waals surface area contributed by atoms with Crippen LogP contribution in [-0.2, 0) is 6.54 Å². The molecule has 0 aliphatic heterocycles. The van der Waals surface area contributed by atoms with Crippen molar-refractivity contribution in [2.24, 2.45) is 0 Å². The molecule has 0 bridgehead atoms. The first-order chi connectivity index (χ1) is 8.06. The minimum Gasteiger partial charge on any atom is -0.392 e. The minimum atomic E-state index is -0.529. The molecule has 1 aromatic rings. The summed E-state index contributed by atoms with van der Waals surface area (Å²) >= 11 is 0. The molecule has 0 aromatic carbocycles. The fourth-order valence-electron chi connectivity index (χ4n) is 1.48. The number of hydrogen-bond donors (Lipinski definition) is 2. The molecule has 17 heavy (non-hydrogen) atoms. The first kappa shape index (κ1) is 13.5. The van der Waals surface area contributed by atoms with Gasteiger partial charge < -0.3 is 15.3 Å². The lowest BCUT2D eigenvalue weighted by molar-refractivity contribution is 0.141. The van der Waals surface area contributed by atoms with Crippen molar-refractivity contribution < 1.29 is 9.90 Å². The molecule has 6 nitrogen and oxygen atoms in total. The summed E-state index contributed by atoms with van der Waals surface area (Å²) in [7, 11) is 0. The molecule has 0 saturated heterocycles. The highest BCUT2D eigenvalue weighted by Gasteiger charge is 2.14. The SMILES string of the molecule is CCN(C[C@H](C)O)C(=O)Nc1cnn(CC)c1. The number of hydrogen-bond acceptors (Lipinski definition) is 3. The van der Waals surface area contributed by atoms with Gasteiger partial charge in [-0.1, -0.05) is 0 Å². The van der Waals surface area contributed by atoms with E-state index in [0.717, 1.165) is 6.54 Å². The van der Waals surface area contributed by atoms with Gasteiger partial charge in [-0.15, -0.1) is 0 Å². The van der Waals surface area contributed by atoms with Crippen molar-refractivity contribution in [1.29, 1.82) is 0 Å². The Kier molecular flexibility index (Phi) is 4.96. The second kappa shape index (κ2) is 6.24. The molecule has 1 heterocycles. The molecule has 0 saturated carbocycles. The Balaban J connectivity index is 2.57. The van der Waals surface area contributed by atoms with Crippen LogP contribution >= 0.6 is 0 Å². The topological polar surface area (TPSA) is 70.4 Å². The van der Waals surface area contributed by atoms with Crippen LogP contribution in [-0.4, -0.2) is 45.0 Å². The average molecular weight is 240 g/mol. The third-order valence-electron chi connectivity index (χ3n) is 2.36. The van der Waals surface area contributed by atoms with Gasteiger partial charge in [0.15, 0.2) is 0 Å². The van der Waals surface area contributed by atoms with Crippen molar-refractivity contribution in [2.75, 3.05) is 18.4 Å². The summed E-state index contributed by atoms with van der Waals surface area (Å²) in [6, 6.07) is -0.218. The average Bonchev–Trinajstić information content (AvgIpc) is 2.73. The Morgan fingerprint density at radius 3 is 2.82 bits per heavy atom. The molecule has 2 N–H and O–H groups in total. The third kappa shape index (κ3) is 4.07. The summed E-state index contributed by atoms with van der Waals surface area (Å²) in [5, 5.41) is 16.1. The maximum Gasteiger partial charge on any atom is 0.322 e. The molecule has 0 radical (unpaired) electrons. The number of nitrogens with one attached hydrogen (secondary N) is 1. The van der Waals surface area contributed by atoms with Crippen LogP contribution < -0.4 is 5.32 Å². The smallest absolute Gasteiger partial charge is 0.322 e. The minimum absolute atomic E-state index is 0.218. The number of aliphatic hydroxyl groups is 1. The molecule has 1 aromatic heterocycles. The molecule has 0 aliphatic carbocycles. The number of carbonyl (C=O) groups is 1. The van der Waals surface area contributed by atoms with Gasteiger partial charge in [0.2, 0.25) is 0 Å². The summed E-state index contributed by atoms with van der Waals surface area (Å²) in [6.45, 7) is 7.15. The number of likely N-dealkylation sites (N-methyl/N-ethyl adjacent to an activating group) is 1. The van der Waals surface area contributed by atoms with Gasteiger partial charge in [0.25, 0.3) is 0 Å². The molecule has 2 amide bonds. The van der Waals surface area contributed by atoms with E-state index in [1.54, 1.807) is 28.9 Å². The molecular formula is C11H20N4O2. The van der Waals surface area contributed by atoms with Crippen LogP contribution in [0.2, 0.25) is 0 Å². The zero-order valence-electron chi connectivity index (χ0n) is 10.6. The highest BCUT2D eigenvalue weighted by atomic mass is 16.3. The highest BCUT2D eigenvalue weighted by Crippen LogP contribution is 2.06. The van der Waals surface area contributed by atoms with Gasteiger partial charge in [-0.25, -0.2) is 4.79 Å². The van der Waals surface area contributed by atoms with E-state index >= 15 is 0 Å². The fraction of sp³-hybridized carbons (Fsp3) is 0.636. The Bertz CT molecular complexity index is 362. The quantitative estimate of drug-likeness (QED) is 0.810. The van der Waals surface area contributed by atoms with E-state index in [1.165, 1.54) is 0 Å². The van der Waals surface area contributed by atoms with Crippen LogP contribution in [0.4, 0.5) is 10.5 Å². The van der Waals surface area contributed by atoms with Crippen molar-refractivity contribution in [1.82, 2.24) is 14.7 Å². The zero-order chi connectivity index (χ0) is 12.8. The summed E-state index contributed by atoms with van der Waals surface area (Å²) in [4.78, 5) is 13.4. The van der Waals surface area contributed by atoms with Crippen molar-refractivity contribution in [2.45, 2.75) is 33.4 Å². The van der Waals surface area contributed by atoms with Crippen molar-refractivity contribution >= 4 is 11.7 Å². The van der Waals surface area contributed by atoms with Gasteiger partial charge >= 0.3 is 6.03 Å². The van der Waals surface area contributed by atoms with E-state index in [-0.39, 0.29) is 6.03 Å². The first-order valence-electron chi connectivity index (χ1n) is 5.83. The summed E-state index contributed by atoms with van der Waals surface area (Å²) in [6.07, 6.45) is 2.85. The lowest BCUT2D eigenvalue weighted by Gasteiger charge is -2.22. The third-order valence-corrected chi connectivity index (χ3v) is 2.36. The van der Waals surface area contributed by atoms with Gasteiger partial charge in [0.1, 0.15) is 0 Å². The monoisotopic (exact) mass is 240 g/mol. The number of nitrogens with zero attached hydrogens (tertiary/aromatic N) is 3. The highest BCUT2D eigenvalue weighted by molar-refractivity contribution is 5.88. The largest absolute Gasteiger partial charge is 0.392 e. The lowest BCUT2D eigenvalue weighted by atomic mass is 10.3. The Morgan fingerprint density at radius 2 is 2.35 bits per heavy atom. The predicted molar refractivity (Wildman–Crippen MR) is 65.8 cm³/mol. The molecule has 1 atom stereocenters. The second-order valence-electron chi connectivity index (χ2n) is 3.90.